The van der Waals surface area contributed by atoms with Crippen LogP contribution in [-0.2, 0) is 27.6 Å². The number of carbonyl (C=O) groups is 1. The van der Waals surface area contributed by atoms with E-state index in [1.807, 2.05) is 43.3 Å². The van der Waals surface area contributed by atoms with Gasteiger partial charge in [0.2, 0.25) is 0 Å². The molecule has 1 fully saturated rings. The van der Waals surface area contributed by atoms with Crippen molar-refractivity contribution < 1.29 is 41.3 Å². The van der Waals surface area contributed by atoms with Gasteiger partial charge in [-0.15, -0.1) is 0 Å². The summed E-state index contributed by atoms with van der Waals surface area (Å²) < 4.78 is 71.9. The standard InChI is InChI=1S/C40H51ClF2N2O7S/c1-6-50-36-22-37(32(41)20-27(36)23-44-38(26(3)46)34(47)24-53(5,48)49)52-39-30-12-7-11-29(31(30)21-33(39)42)28-10-8-13-35(25(28)2)51-19-9-16-45-17-14-40(4,43)15-18-45/h7-8,10-13,20,22,26,33,38-39,44,46H,6,9,14-19,21,23-24H2,1-5H3/t26-,33+,38+,39-/m1/s1. The molecule has 290 valence electrons. The van der Waals surface area contributed by atoms with Gasteiger partial charge in [-0.3, -0.25) is 4.79 Å². The molecule has 0 aromatic heterocycles. The summed E-state index contributed by atoms with van der Waals surface area (Å²) in [5, 5.41) is 13.3. The fourth-order valence-corrected chi connectivity index (χ4v) is 8.04. The summed E-state index contributed by atoms with van der Waals surface area (Å²) in [7, 11) is -3.59. The fraction of sp³-hybridized carbons (Fsp3) is 0.525. The van der Waals surface area contributed by atoms with Crippen molar-refractivity contribution in [3.05, 3.63) is 75.8 Å². The molecule has 1 heterocycles. The first-order chi connectivity index (χ1) is 25.1. The summed E-state index contributed by atoms with van der Waals surface area (Å²) in [6.07, 6.45) is -0.389. The maximum absolute atomic E-state index is 15.9. The molecule has 1 saturated heterocycles. The van der Waals surface area contributed by atoms with Crippen molar-refractivity contribution in [2.45, 2.75) is 90.0 Å². The van der Waals surface area contributed by atoms with Crippen LogP contribution in [0.2, 0.25) is 5.02 Å². The van der Waals surface area contributed by atoms with Crippen LogP contribution >= 0.6 is 11.6 Å². The van der Waals surface area contributed by atoms with Crippen LogP contribution in [0, 0.1) is 6.92 Å². The van der Waals surface area contributed by atoms with Crippen molar-refractivity contribution in [3.63, 3.8) is 0 Å². The van der Waals surface area contributed by atoms with Gasteiger partial charge in [0.15, 0.2) is 21.7 Å². The topological polar surface area (TPSA) is 114 Å². The molecule has 13 heteroatoms. The molecule has 0 bridgehead atoms. The molecule has 53 heavy (non-hydrogen) atoms. The molecule has 2 aliphatic rings. The number of hydrogen-bond donors (Lipinski definition) is 2. The van der Waals surface area contributed by atoms with Crippen LogP contribution < -0.4 is 19.5 Å². The molecule has 3 aromatic rings. The van der Waals surface area contributed by atoms with E-state index in [2.05, 4.69) is 10.2 Å². The molecular formula is C40H51ClF2N2O7S. The smallest absolute Gasteiger partial charge is 0.167 e. The highest BCUT2D eigenvalue weighted by atomic mass is 35.5. The molecule has 0 saturated carbocycles. The summed E-state index contributed by atoms with van der Waals surface area (Å²) in [6.45, 7) is 10.1. The van der Waals surface area contributed by atoms with Crippen LogP contribution in [0.5, 0.6) is 17.2 Å². The molecule has 0 unspecified atom stereocenters. The lowest BCUT2D eigenvalue weighted by atomic mass is 9.93. The summed E-state index contributed by atoms with van der Waals surface area (Å²) in [4.78, 5) is 14.9. The predicted molar refractivity (Wildman–Crippen MR) is 204 cm³/mol. The average molecular weight is 777 g/mol. The van der Waals surface area contributed by atoms with Gasteiger partial charge in [0.05, 0.1) is 30.4 Å². The van der Waals surface area contributed by atoms with E-state index in [0.717, 1.165) is 65.9 Å². The number of likely N-dealkylation sites (tertiary alicyclic amines) is 1. The van der Waals surface area contributed by atoms with Crippen LogP contribution in [0.1, 0.15) is 68.4 Å². The second-order valence-electron chi connectivity index (χ2n) is 14.5. The van der Waals surface area contributed by atoms with Gasteiger partial charge in [0.25, 0.3) is 0 Å². The van der Waals surface area contributed by atoms with Gasteiger partial charge in [-0.05, 0) is 86.9 Å². The van der Waals surface area contributed by atoms with Gasteiger partial charge in [-0.2, -0.15) is 0 Å². The highest BCUT2D eigenvalue weighted by molar-refractivity contribution is 7.91. The molecule has 9 nitrogen and oxygen atoms in total. The van der Waals surface area contributed by atoms with E-state index in [0.29, 0.717) is 37.4 Å². The third-order valence-corrected chi connectivity index (χ3v) is 11.1. The summed E-state index contributed by atoms with van der Waals surface area (Å²) >= 11 is 6.70. The SMILES string of the molecule is CCOc1cc(O[C@@H]2c3cccc(-c4cccc(OCCCN5CCC(C)(F)CC5)c4C)c3C[C@@H]2F)c(Cl)cc1CN[C@H](C(=O)CS(C)(=O)=O)[C@@H](C)O. The Labute approximate surface area is 316 Å². The van der Waals surface area contributed by atoms with Crippen molar-refractivity contribution >= 4 is 27.2 Å². The van der Waals surface area contributed by atoms with Gasteiger partial charge in [-0.25, -0.2) is 17.2 Å². The minimum absolute atomic E-state index is 0.0301. The average Bonchev–Trinajstić information content (AvgIpc) is 3.40. The lowest BCUT2D eigenvalue weighted by Crippen LogP contribution is -2.46. The molecule has 1 aliphatic carbocycles. The Morgan fingerprint density at radius 1 is 1.09 bits per heavy atom. The van der Waals surface area contributed by atoms with Crippen LogP contribution in [0.4, 0.5) is 8.78 Å². The zero-order valence-corrected chi connectivity index (χ0v) is 32.7. The van der Waals surface area contributed by atoms with Crippen molar-refractivity contribution in [3.8, 4) is 28.4 Å². The second-order valence-corrected chi connectivity index (χ2v) is 17.0. The molecule has 1 aliphatic heterocycles. The first-order valence-corrected chi connectivity index (χ1v) is 20.6. The fourth-order valence-electron chi connectivity index (χ4n) is 7.11. The third-order valence-electron chi connectivity index (χ3n) is 10.0. The number of benzene rings is 3. The maximum atomic E-state index is 15.9. The molecule has 4 atom stereocenters. The molecule has 0 radical (unpaired) electrons. The number of fused-ring (bicyclic) bond motifs is 1. The first-order valence-electron chi connectivity index (χ1n) is 18.2. The number of Topliss-reactive ketones (excluding diaryl/α,β-unsaturated/α-hetero) is 1. The Morgan fingerprint density at radius 2 is 1.79 bits per heavy atom. The molecular weight excluding hydrogens is 726 g/mol. The largest absolute Gasteiger partial charge is 0.493 e. The zero-order chi connectivity index (χ0) is 38.5. The van der Waals surface area contributed by atoms with Crippen molar-refractivity contribution in [2.24, 2.45) is 0 Å². The maximum Gasteiger partial charge on any atom is 0.167 e. The van der Waals surface area contributed by atoms with E-state index in [1.165, 1.54) is 6.92 Å². The Kier molecular flexibility index (Phi) is 13.5. The number of rotatable bonds is 17. The van der Waals surface area contributed by atoms with Crippen LogP contribution in [0.25, 0.3) is 11.1 Å². The van der Waals surface area contributed by atoms with Gasteiger partial charge in [0, 0.05) is 50.5 Å². The van der Waals surface area contributed by atoms with Crippen molar-refractivity contribution in [2.75, 3.05) is 44.9 Å². The van der Waals surface area contributed by atoms with Crippen molar-refractivity contribution in [1.82, 2.24) is 10.2 Å². The highest BCUT2D eigenvalue weighted by Crippen LogP contribution is 2.45. The second kappa shape index (κ2) is 17.5. The summed E-state index contributed by atoms with van der Waals surface area (Å²) in [5.41, 5.74) is 3.85. The molecule has 0 spiro atoms. The van der Waals surface area contributed by atoms with E-state index < -0.39 is 51.5 Å². The number of halogens is 3. The number of nitrogens with one attached hydrogen (secondary N) is 1. The number of alkyl halides is 2. The number of hydrogen-bond acceptors (Lipinski definition) is 9. The van der Waals surface area contributed by atoms with E-state index in [1.54, 1.807) is 26.0 Å². The number of nitrogens with zero attached hydrogens (tertiary/aromatic N) is 1. The first kappa shape index (κ1) is 40.9. The van der Waals surface area contributed by atoms with Crippen LogP contribution in [0.3, 0.4) is 0 Å². The van der Waals surface area contributed by atoms with E-state index >= 15 is 4.39 Å². The number of ether oxygens (including phenoxy) is 3. The Hall–Kier alpha value is -3.29. The number of aliphatic hydroxyl groups is 1. The van der Waals surface area contributed by atoms with Gasteiger partial charge < -0.3 is 29.5 Å². The minimum Gasteiger partial charge on any atom is -0.493 e. The normalized spacial score (nSPS) is 19.7. The number of carbonyl (C=O) groups excluding carboxylic acids is 1. The van der Waals surface area contributed by atoms with E-state index in [-0.39, 0.29) is 23.7 Å². The number of sulfone groups is 1. The Bertz CT molecular complexity index is 1860. The van der Waals surface area contributed by atoms with Crippen LogP contribution in [-0.4, -0.2) is 93.1 Å². The zero-order valence-electron chi connectivity index (χ0n) is 31.1. The summed E-state index contributed by atoms with van der Waals surface area (Å²) in [5.74, 6) is -0.000912. The number of aliphatic hydroxyl groups excluding tert-OH is 1. The number of ketones is 1. The van der Waals surface area contributed by atoms with E-state index in [9.17, 15) is 22.7 Å². The monoisotopic (exact) mass is 776 g/mol. The summed E-state index contributed by atoms with van der Waals surface area (Å²) in [6, 6.07) is 13.7. The van der Waals surface area contributed by atoms with Gasteiger partial charge >= 0.3 is 0 Å². The van der Waals surface area contributed by atoms with Gasteiger partial charge in [0.1, 0.15) is 34.8 Å². The lowest BCUT2D eigenvalue weighted by Gasteiger charge is -2.34. The van der Waals surface area contributed by atoms with Crippen LogP contribution in [0.15, 0.2) is 48.5 Å². The quantitative estimate of drug-likeness (QED) is 0.143. The highest BCUT2D eigenvalue weighted by Gasteiger charge is 2.37. The predicted octanol–water partition coefficient (Wildman–Crippen LogP) is 6.77. The molecule has 5 rings (SSSR count). The van der Waals surface area contributed by atoms with E-state index in [4.69, 9.17) is 25.8 Å². The molecule has 2 N–H and O–H groups in total. The molecule has 0 amide bonds. The lowest BCUT2D eigenvalue weighted by molar-refractivity contribution is -0.121. The Morgan fingerprint density at radius 3 is 2.47 bits per heavy atom. The minimum atomic E-state index is -3.59. The van der Waals surface area contributed by atoms with Gasteiger partial charge in [-0.1, -0.05) is 41.9 Å². The number of piperidine rings is 1. The van der Waals surface area contributed by atoms with Crippen molar-refractivity contribution in [1.29, 1.82) is 0 Å². The Balaban J connectivity index is 1.30. The molecule has 3 aromatic carbocycles. The third kappa shape index (κ3) is 10.5.